The van der Waals surface area contributed by atoms with Gasteiger partial charge in [-0.2, -0.15) is 0 Å². The smallest absolute Gasteiger partial charge is 0.0203 e. The second kappa shape index (κ2) is 2.77. The van der Waals surface area contributed by atoms with Crippen molar-refractivity contribution in [2.24, 2.45) is 5.92 Å². The summed E-state index contributed by atoms with van der Waals surface area (Å²) >= 11 is 0. The average molecular weight is 108 g/mol. The van der Waals surface area contributed by atoms with Crippen molar-refractivity contribution in [1.29, 1.82) is 0 Å². The highest BCUT2D eigenvalue weighted by Gasteiger charge is 2.17. The van der Waals surface area contributed by atoms with Crippen molar-refractivity contribution in [3.05, 3.63) is 0 Å². The summed E-state index contributed by atoms with van der Waals surface area (Å²) in [5.74, 6) is 7.15. The van der Waals surface area contributed by atoms with Crippen molar-refractivity contribution in [1.82, 2.24) is 0 Å². The lowest BCUT2D eigenvalue weighted by Gasteiger charge is -1.75. The third-order valence-electron chi connectivity index (χ3n) is 1.26. The molecule has 0 saturated heterocycles. The Morgan fingerprint density at radius 2 is 2.25 bits per heavy atom. The summed E-state index contributed by atoms with van der Waals surface area (Å²) in [6.45, 7) is 2.17. The zero-order valence-corrected chi connectivity index (χ0v) is 5.41. The predicted molar refractivity (Wildman–Crippen MR) is 35.4 cm³/mol. The molecular formula is C8H12. The lowest BCUT2D eigenvalue weighted by molar-refractivity contribution is 0.979. The average Bonchev–Trinajstić information content (AvgIpc) is 2.51. The van der Waals surface area contributed by atoms with Crippen LogP contribution in [0, 0.1) is 17.8 Å². The molecule has 1 rings (SSSR count). The van der Waals surface area contributed by atoms with Crippen LogP contribution in [0.2, 0.25) is 0 Å². The molecule has 0 unspecified atom stereocenters. The first-order valence-corrected chi connectivity index (χ1v) is 3.42. The van der Waals surface area contributed by atoms with Gasteiger partial charge in [-0.15, -0.1) is 5.92 Å². The number of rotatable bonds is 1. The van der Waals surface area contributed by atoms with E-state index in [1.54, 1.807) is 0 Å². The Bertz CT molecular complexity index is 110. The highest BCUT2D eigenvalue weighted by molar-refractivity contribution is 5.08. The first-order chi connectivity index (χ1) is 3.93. The molecule has 8 heavy (non-hydrogen) atoms. The van der Waals surface area contributed by atoms with E-state index in [0.29, 0.717) is 0 Å². The van der Waals surface area contributed by atoms with E-state index in [0.717, 1.165) is 12.3 Å². The summed E-state index contributed by atoms with van der Waals surface area (Å²) in [6.07, 6.45) is 5.02. The molecule has 44 valence electrons. The largest absolute Gasteiger partial charge is 0.103 e. The fraction of sp³-hybridized carbons (Fsp3) is 0.750. The zero-order valence-electron chi connectivity index (χ0n) is 5.41. The monoisotopic (exact) mass is 108 g/mol. The first kappa shape index (κ1) is 5.69. The predicted octanol–water partition coefficient (Wildman–Crippen LogP) is 2.20. The van der Waals surface area contributed by atoms with Crippen LogP contribution < -0.4 is 0 Å². The van der Waals surface area contributed by atoms with E-state index in [1.807, 2.05) is 0 Å². The molecular weight excluding hydrogens is 96.1 g/mol. The van der Waals surface area contributed by atoms with Crippen LogP contribution in [0.4, 0.5) is 0 Å². The minimum Gasteiger partial charge on any atom is -0.103 e. The summed E-state index contributed by atoms with van der Waals surface area (Å²) in [4.78, 5) is 0. The van der Waals surface area contributed by atoms with Gasteiger partial charge in [-0.1, -0.05) is 12.8 Å². The Labute approximate surface area is 51.3 Å². The van der Waals surface area contributed by atoms with E-state index in [2.05, 4.69) is 18.8 Å². The first-order valence-electron chi connectivity index (χ1n) is 3.42. The Morgan fingerprint density at radius 1 is 1.50 bits per heavy atom. The SMILES string of the molecule is CCCC#CC1CC1. The topological polar surface area (TPSA) is 0 Å². The normalized spacial score (nSPS) is 17.1. The van der Waals surface area contributed by atoms with Crippen molar-refractivity contribution in [2.75, 3.05) is 0 Å². The quantitative estimate of drug-likeness (QED) is 0.452. The second-order valence-electron chi connectivity index (χ2n) is 2.35. The van der Waals surface area contributed by atoms with Crippen molar-refractivity contribution in [3.63, 3.8) is 0 Å². The molecule has 0 aromatic carbocycles. The molecule has 0 aromatic rings. The summed E-state index contributed by atoms with van der Waals surface area (Å²) < 4.78 is 0. The molecule has 1 aliphatic carbocycles. The van der Waals surface area contributed by atoms with Crippen LogP contribution in [0.1, 0.15) is 32.6 Å². The van der Waals surface area contributed by atoms with E-state index < -0.39 is 0 Å². The van der Waals surface area contributed by atoms with Crippen molar-refractivity contribution >= 4 is 0 Å². The van der Waals surface area contributed by atoms with Crippen molar-refractivity contribution in [3.8, 4) is 11.8 Å². The summed E-state index contributed by atoms with van der Waals surface area (Å²) in [5.41, 5.74) is 0. The number of hydrogen-bond acceptors (Lipinski definition) is 0. The molecule has 1 saturated carbocycles. The minimum absolute atomic E-state index is 0.793. The highest BCUT2D eigenvalue weighted by Crippen LogP contribution is 2.27. The van der Waals surface area contributed by atoms with Gasteiger partial charge in [-0.3, -0.25) is 0 Å². The highest BCUT2D eigenvalue weighted by atomic mass is 14.2. The third kappa shape index (κ3) is 2.02. The van der Waals surface area contributed by atoms with E-state index in [-0.39, 0.29) is 0 Å². The molecule has 0 heterocycles. The zero-order chi connectivity index (χ0) is 5.82. The van der Waals surface area contributed by atoms with Crippen LogP contribution in [0.15, 0.2) is 0 Å². The maximum atomic E-state index is 3.21. The molecule has 0 spiro atoms. The third-order valence-corrected chi connectivity index (χ3v) is 1.26. The Hall–Kier alpha value is -0.440. The fourth-order valence-corrected chi connectivity index (χ4v) is 0.569. The molecule has 0 amide bonds. The van der Waals surface area contributed by atoms with Gasteiger partial charge < -0.3 is 0 Å². The Morgan fingerprint density at radius 3 is 2.75 bits per heavy atom. The van der Waals surface area contributed by atoms with Gasteiger partial charge in [0.1, 0.15) is 0 Å². The van der Waals surface area contributed by atoms with Crippen LogP contribution in [-0.2, 0) is 0 Å². The Balaban J connectivity index is 2.05. The van der Waals surface area contributed by atoms with Gasteiger partial charge in [0.05, 0.1) is 0 Å². The molecule has 1 aliphatic rings. The summed E-state index contributed by atoms with van der Waals surface area (Å²) in [6, 6.07) is 0. The molecule has 0 nitrogen and oxygen atoms in total. The van der Waals surface area contributed by atoms with E-state index >= 15 is 0 Å². The maximum Gasteiger partial charge on any atom is 0.0203 e. The van der Waals surface area contributed by atoms with Gasteiger partial charge in [0.25, 0.3) is 0 Å². The Kier molecular flexibility index (Phi) is 1.97. The maximum absolute atomic E-state index is 3.21. The lowest BCUT2D eigenvalue weighted by atomic mass is 10.3. The molecule has 0 bridgehead atoms. The van der Waals surface area contributed by atoms with Gasteiger partial charge in [-0.05, 0) is 19.3 Å². The van der Waals surface area contributed by atoms with E-state index in [4.69, 9.17) is 0 Å². The molecule has 0 aliphatic heterocycles. The van der Waals surface area contributed by atoms with Crippen molar-refractivity contribution < 1.29 is 0 Å². The van der Waals surface area contributed by atoms with Crippen LogP contribution in [0.5, 0.6) is 0 Å². The molecule has 0 atom stereocenters. The van der Waals surface area contributed by atoms with Crippen LogP contribution in [0.3, 0.4) is 0 Å². The fourth-order valence-electron chi connectivity index (χ4n) is 0.569. The van der Waals surface area contributed by atoms with Crippen LogP contribution in [-0.4, -0.2) is 0 Å². The molecule has 0 radical (unpaired) electrons. The van der Waals surface area contributed by atoms with E-state index in [1.165, 1.54) is 19.3 Å². The summed E-state index contributed by atoms with van der Waals surface area (Å²) in [5, 5.41) is 0. The second-order valence-corrected chi connectivity index (χ2v) is 2.35. The molecule has 0 heteroatoms. The summed E-state index contributed by atoms with van der Waals surface area (Å²) in [7, 11) is 0. The number of hydrogen-bond donors (Lipinski definition) is 0. The van der Waals surface area contributed by atoms with Gasteiger partial charge in [-0.25, -0.2) is 0 Å². The van der Waals surface area contributed by atoms with Gasteiger partial charge in [0.2, 0.25) is 0 Å². The van der Waals surface area contributed by atoms with Crippen LogP contribution >= 0.6 is 0 Å². The molecule has 0 aromatic heterocycles. The van der Waals surface area contributed by atoms with E-state index in [9.17, 15) is 0 Å². The van der Waals surface area contributed by atoms with Gasteiger partial charge >= 0.3 is 0 Å². The van der Waals surface area contributed by atoms with Crippen LogP contribution in [0.25, 0.3) is 0 Å². The molecule has 1 fully saturated rings. The lowest BCUT2D eigenvalue weighted by Crippen LogP contribution is -1.64. The standard InChI is InChI=1S/C8H12/c1-2-3-4-5-8-6-7-8/h8H,2-3,6-7H2,1H3. The van der Waals surface area contributed by atoms with Gasteiger partial charge in [0.15, 0.2) is 0 Å². The van der Waals surface area contributed by atoms with Crippen molar-refractivity contribution in [2.45, 2.75) is 32.6 Å². The number of unbranched alkanes of at least 4 members (excludes halogenated alkanes) is 1. The minimum atomic E-state index is 0.793. The molecule has 0 N–H and O–H groups in total. The van der Waals surface area contributed by atoms with Gasteiger partial charge in [0, 0.05) is 12.3 Å².